The predicted octanol–water partition coefficient (Wildman–Crippen LogP) is 4.56. The first kappa shape index (κ1) is 18.5. The van der Waals surface area contributed by atoms with Crippen LogP contribution in [-0.2, 0) is 11.2 Å². The van der Waals surface area contributed by atoms with Gasteiger partial charge in [-0.05, 0) is 61.9 Å². The minimum atomic E-state index is 0.666. The predicted molar refractivity (Wildman–Crippen MR) is 92.1 cm³/mol. The zero-order chi connectivity index (χ0) is 15.5. The molecule has 3 heteroatoms. The SMILES string of the molecule is COCCCCC(CNCC(C)C)Cc1cccc(Cl)c1. The highest BCUT2D eigenvalue weighted by molar-refractivity contribution is 6.30. The second-order valence-corrected chi connectivity index (χ2v) is 6.68. The molecule has 1 aromatic rings. The first-order valence-electron chi connectivity index (χ1n) is 8.06. The molecular formula is C18H30ClNO. The Morgan fingerprint density at radius 2 is 2.00 bits per heavy atom. The van der Waals surface area contributed by atoms with Crippen LogP contribution < -0.4 is 5.32 Å². The van der Waals surface area contributed by atoms with Crippen molar-refractivity contribution in [2.24, 2.45) is 11.8 Å². The number of rotatable bonds is 11. The zero-order valence-corrected chi connectivity index (χ0v) is 14.5. The normalized spacial score (nSPS) is 12.8. The Hall–Kier alpha value is -0.570. The summed E-state index contributed by atoms with van der Waals surface area (Å²) in [5.74, 6) is 1.37. The van der Waals surface area contributed by atoms with Gasteiger partial charge in [0.1, 0.15) is 0 Å². The lowest BCUT2D eigenvalue weighted by Gasteiger charge is -2.19. The Balaban J connectivity index is 2.45. The summed E-state index contributed by atoms with van der Waals surface area (Å²) in [6.45, 7) is 7.53. The molecule has 0 saturated carbocycles. The quantitative estimate of drug-likeness (QED) is 0.605. The Kier molecular flexibility index (Phi) is 9.73. The molecule has 0 fully saturated rings. The molecule has 0 saturated heterocycles. The van der Waals surface area contributed by atoms with E-state index < -0.39 is 0 Å². The number of methoxy groups -OCH3 is 1. The Bertz CT molecular complexity index is 381. The van der Waals surface area contributed by atoms with E-state index in [1.165, 1.54) is 18.4 Å². The molecule has 0 bridgehead atoms. The molecule has 21 heavy (non-hydrogen) atoms. The fraction of sp³-hybridized carbons (Fsp3) is 0.667. The Labute approximate surface area is 135 Å². The van der Waals surface area contributed by atoms with Gasteiger partial charge in [-0.15, -0.1) is 0 Å². The van der Waals surface area contributed by atoms with E-state index in [1.54, 1.807) is 7.11 Å². The van der Waals surface area contributed by atoms with Crippen molar-refractivity contribution in [2.75, 3.05) is 26.8 Å². The molecule has 1 atom stereocenters. The number of halogens is 1. The summed E-state index contributed by atoms with van der Waals surface area (Å²) < 4.78 is 5.14. The van der Waals surface area contributed by atoms with Crippen molar-refractivity contribution in [3.05, 3.63) is 34.9 Å². The van der Waals surface area contributed by atoms with Gasteiger partial charge in [0.05, 0.1) is 0 Å². The molecule has 0 aromatic heterocycles. The second kappa shape index (κ2) is 11.1. The molecule has 0 amide bonds. The van der Waals surface area contributed by atoms with Crippen LogP contribution >= 0.6 is 11.6 Å². The van der Waals surface area contributed by atoms with Gasteiger partial charge >= 0.3 is 0 Å². The van der Waals surface area contributed by atoms with Crippen molar-refractivity contribution in [3.8, 4) is 0 Å². The number of hydrogen-bond donors (Lipinski definition) is 1. The van der Waals surface area contributed by atoms with Gasteiger partial charge in [-0.25, -0.2) is 0 Å². The van der Waals surface area contributed by atoms with Gasteiger partial charge in [-0.1, -0.05) is 44.0 Å². The lowest BCUT2D eigenvalue weighted by Crippen LogP contribution is -2.27. The van der Waals surface area contributed by atoms with Crippen molar-refractivity contribution < 1.29 is 4.74 Å². The largest absolute Gasteiger partial charge is 0.385 e. The van der Waals surface area contributed by atoms with Crippen LogP contribution in [0.1, 0.15) is 38.7 Å². The molecule has 0 aliphatic carbocycles. The topological polar surface area (TPSA) is 21.3 Å². The maximum absolute atomic E-state index is 6.09. The van der Waals surface area contributed by atoms with Crippen molar-refractivity contribution in [1.29, 1.82) is 0 Å². The fourth-order valence-corrected chi connectivity index (χ4v) is 2.74. The molecule has 2 nitrogen and oxygen atoms in total. The molecule has 0 heterocycles. The van der Waals surface area contributed by atoms with Crippen molar-refractivity contribution in [1.82, 2.24) is 5.32 Å². The van der Waals surface area contributed by atoms with Gasteiger partial charge < -0.3 is 10.1 Å². The number of nitrogens with one attached hydrogen (secondary N) is 1. The van der Waals surface area contributed by atoms with Gasteiger partial charge in [0.15, 0.2) is 0 Å². The van der Waals surface area contributed by atoms with E-state index in [2.05, 4.69) is 31.3 Å². The van der Waals surface area contributed by atoms with Gasteiger partial charge in [0.25, 0.3) is 0 Å². The minimum Gasteiger partial charge on any atom is -0.385 e. The summed E-state index contributed by atoms with van der Waals surface area (Å²) in [7, 11) is 1.77. The molecule has 0 aliphatic heterocycles. The first-order chi connectivity index (χ1) is 10.1. The monoisotopic (exact) mass is 311 g/mol. The third-order valence-corrected chi connectivity index (χ3v) is 3.84. The molecule has 1 rings (SSSR count). The van der Waals surface area contributed by atoms with Gasteiger partial charge in [0, 0.05) is 18.7 Å². The summed E-state index contributed by atoms with van der Waals surface area (Å²) in [5.41, 5.74) is 1.34. The van der Waals surface area contributed by atoms with Crippen LogP contribution in [0.15, 0.2) is 24.3 Å². The number of ether oxygens (including phenoxy) is 1. The van der Waals surface area contributed by atoms with Crippen LogP contribution in [0.2, 0.25) is 5.02 Å². The van der Waals surface area contributed by atoms with E-state index in [0.29, 0.717) is 11.8 Å². The van der Waals surface area contributed by atoms with Crippen molar-refractivity contribution >= 4 is 11.6 Å². The Morgan fingerprint density at radius 1 is 1.19 bits per heavy atom. The number of hydrogen-bond acceptors (Lipinski definition) is 2. The van der Waals surface area contributed by atoms with Crippen LogP contribution in [0.5, 0.6) is 0 Å². The van der Waals surface area contributed by atoms with E-state index in [1.807, 2.05) is 12.1 Å². The maximum atomic E-state index is 6.09. The number of benzene rings is 1. The molecule has 120 valence electrons. The average Bonchev–Trinajstić information content (AvgIpc) is 2.43. The van der Waals surface area contributed by atoms with E-state index in [-0.39, 0.29) is 0 Å². The van der Waals surface area contributed by atoms with Crippen LogP contribution in [-0.4, -0.2) is 26.8 Å². The zero-order valence-electron chi connectivity index (χ0n) is 13.7. The van der Waals surface area contributed by atoms with Crippen LogP contribution in [0.3, 0.4) is 0 Å². The lowest BCUT2D eigenvalue weighted by atomic mass is 9.94. The van der Waals surface area contributed by atoms with Gasteiger partial charge in [0.2, 0.25) is 0 Å². The smallest absolute Gasteiger partial charge is 0.0462 e. The molecule has 1 N–H and O–H groups in total. The lowest BCUT2D eigenvalue weighted by molar-refractivity contribution is 0.190. The third-order valence-electron chi connectivity index (χ3n) is 3.61. The summed E-state index contributed by atoms with van der Waals surface area (Å²) in [4.78, 5) is 0. The number of unbranched alkanes of at least 4 members (excludes halogenated alkanes) is 1. The average molecular weight is 312 g/mol. The molecule has 1 unspecified atom stereocenters. The summed E-state index contributed by atoms with van der Waals surface area (Å²) in [6, 6.07) is 8.25. The van der Waals surface area contributed by atoms with Gasteiger partial charge in [-0.3, -0.25) is 0 Å². The van der Waals surface area contributed by atoms with Crippen LogP contribution in [0.4, 0.5) is 0 Å². The maximum Gasteiger partial charge on any atom is 0.0462 e. The van der Waals surface area contributed by atoms with Gasteiger partial charge in [-0.2, -0.15) is 0 Å². The first-order valence-corrected chi connectivity index (χ1v) is 8.43. The van der Waals surface area contributed by atoms with Crippen molar-refractivity contribution in [2.45, 2.75) is 39.5 Å². The minimum absolute atomic E-state index is 0.666. The van der Waals surface area contributed by atoms with E-state index >= 15 is 0 Å². The highest BCUT2D eigenvalue weighted by atomic mass is 35.5. The molecule has 0 radical (unpaired) electrons. The van der Waals surface area contributed by atoms with Crippen LogP contribution in [0.25, 0.3) is 0 Å². The molecule has 0 spiro atoms. The molecule has 1 aromatic carbocycles. The fourth-order valence-electron chi connectivity index (χ4n) is 2.53. The third kappa shape index (κ3) is 9.13. The highest BCUT2D eigenvalue weighted by Gasteiger charge is 2.10. The van der Waals surface area contributed by atoms with Crippen molar-refractivity contribution in [3.63, 3.8) is 0 Å². The Morgan fingerprint density at radius 3 is 2.67 bits per heavy atom. The van der Waals surface area contributed by atoms with E-state index in [4.69, 9.17) is 16.3 Å². The van der Waals surface area contributed by atoms with E-state index in [0.717, 1.165) is 37.6 Å². The molecular weight excluding hydrogens is 282 g/mol. The summed E-state index contributed by atoms with van der Waals surface area (Å²) in [6.07, 6.45) is 4.70. The standard InChI is InChI=1S/C18H30ClNO/c1-15(2)13-20-14-17(7-4-5-10-21-3)11-16-8-6-9-18(19)12-16/h6,8-9,12,15,17,20H,4-5,7,10-11,13-14H2,1-3H3. The second-order valence-electron chi connectivity index (χ2n) is 6.24. The highest BCUT2D eigenvalue weighted by Crippen LogP contribution is 2.18. The summed E-state index contributed by atoms with van der Waals surface area (Å²) >= 11 is 6.09. The van der Waals surface area contributed by atoms with Crippen LogP contribution in [0, 0.1) is 11.8 Å². The molecule has 0 aliphatic rings. The van der Waals surface area contributed by atoms with E-state index in [9.17, 15) is 0 Å². The summed E-state index contributed by atoms with van der Waals surface area (Å²) in [5, 5.41) is 4.43.